The van der Waals surface area contributed by atoms with E-state index < -0.39 is 23.8 Å². The third kappa shape index (κ3) is 5.07. The maximum absolute atomic E-state index is 12.9. The molecule has 13 heteroatoms. The molecule has 0 spiro atoms. The number of carboxylic acids is 1. The number of aliphatic carboxylic acids is 1. The van der Waals surface area contributed by atoms with Gasteiger partial charge in [0.1, 0.15) is 23.7 Å². The van der Waals surface area contributed by atoms with E-state index in [2.05, 4.69) is 25.3 Å². The van der Waals surface area contributed by atoms with Crippen LogP contribution in [0.5, 0.6) is 11.8 Å². The lowest BCUT2D eigenvalue weighted by atomic mass is 9.92. The first-order chi connectivity index (χ1) is 17.6. The minimum atomic E-state index is -4.61. The molecule has 4 atom stereocenters. The highest BCUT2D eigenvalue weighted by Gasteiger charge is 2.47. The van der Waals surface area contributed by atoms with Crippen molar-refractivity contribution in [3.63, 3.8) is 0 Å². The number of fused-ring (bicyclic) bond motifs is 1. The quantitative estimate of drug-likeness (QED) is 0.497. The van der Waals surface area contributed by atoms with Crippen molar-refractivity contribution >= 4 is 5.97 Å². The second kappa shape index (κ2) is 9.60. The lowest BCUT2D eigenvalue weighted by molar-refractivity contribution is -0.143. The molecular formula is C24H25F3N6O4. The van der Waals surface area contributed by atoms with Gasteiger partial charge >= 0.3 is 18.2 Å². The molecule has 1 N–H and O–H groups in total. The number of hydrogen-bond donors (Lipinski definition) is 1. The van der Waals surface area contributed by atoms with Crippen LogP contribution in [0.2, 0.25) is 0 Å². The van der Waals surface area contributed by atoms with Crippen molar-refractivity contribution in [2.24, 2.45) is 24.8 Å². The minimum Gasteiger partial charge on any atom is -0.489 e. The number of rotatable bonds is 7. The van der Waals surface area contributed by atoms with E-state index in [9.17, 15) is 23.1 Å². The van der Waals surface area contributed by atoms with Crippen molar-refractivity contribution in [1.82, 2.24) is 29.9 Å². The molecule has 0 bridgehead atoms. The smallest absolute Gasteiger partial charge is 0.433 e. The molecule has 0 amide bonds. The van der Waals surface area contributed by atoms with Crippen LogP contribution in [0.1, 0.15) is 42.8 Å². The van der Waals surface area contributed by atoms with Crippen LogP contribution >= 0.6 is 0 Å². The van der Waals surface area contributed by atoms with Gasteiger partial charge in [-0.3, -0.25) is 4.79 Å². The Morgan fingerprint density at radius 1 is 1.19 bits per heavy atom. The summed E-state index contributed by atoms with van der Waals surface area (Å²) in [6.07, 6.45) is -0.490. The molecule has 0 aliphatic heterocycles. The fraction of sp³-hybridized carbons (Fsp3) is 0.500. The number of nitrogens with zero attached hydrogens (tertiary/aromatic N) is 6. The fourth-order valence-electron chi connectivity index (χ4n) is 5.36. The number of aromatic nitrogens is 6. The van der Waals surface area contributed by atoms with Crippen LogP contribution in [0.4, 0.5) is 13.2 Å². The molecule has 3 aromatic heterocycles. The van der Waals surface area contributed by atoms with Crippen LogP contribution in [0.3, 0.4) is 0 Å². The van der Waals surface area contributed by atoms with Crippen molar-refractivity contribution in [2.45, 2.75) is 51.5 Å². The van der Waals surface area contributed by atoms with Gasteiger partial charge in [-0.15, -0.1) is 5.10 Å². The van der Waals surface area contributed by atoms with E-state index in [1.165, 1.54) is 4.68 Å². The number of carbonyl (C=O) groups is 1. The molecule has 0 aromatic carbocycles. The molecule has 5 rings (SSSR count). The average molecular weight is 518 g/mol. The van der Waals surface area contributed by atoms with Gasteiger partial charge in [-0.1, -0.05) is 5.21 Å². The molecule has 0 radical (unpaired) electrons. The monoisotopic (exact) mass is 518 g/mol. The third-order valence-corrected chi connectivity index (χ3v) is 7.17. The number of ether oxygens (including phenoxy) is 2. The van der Waals surface area contributed by atoms with E-state index >= 15 is 0 Å². The first-order valence-corrected chi connectivity index (χ1v) is 11.9. The van der Waals surface area contributed by atoms with E-state index in [0.717, 1.165) is 31.5 Å². The SMILES string of the molecule is Cc1nc(-c2nnn(C)c2COc2nccc(C(F)(F)F)n2)ccc1O[C@H]1C[C@@H]2CC[C@H](C(=O)O)[C@@H]2C1. The Morgan fingerprint density at radius 2 is 2.00 bits per heavy atom. The van der Waals surface area contributed by atoms with E-state index in [1.54, 1.807) is 26.1 Å². The molecule has 2 aliphatic rings. The highest BCUT2D eigenvalue weighted by atomic mass is 19.4. The molecule has 196 valence electrons. The van der Waals surface area contributed by atoms with Gasteiger partial charge in [-0.25, -0.2) is 14.6 Å². The zero-order valence-electron chi connectivity index (χ0n) is 20.1. The molecule has 10 nitrogen and oxygen atoms in total. The first-order valence-electron chi connectivity index (χ1n) is 11.9. The number of pyridine rings is 1. The number of halogens is 3. The molecule has 0 saturated heterocycles. The van der Waals surface area contributed by atoms with Gasteiger partial charge in [-0.2, -0.15) is 18.2 Å². The average Bonchev–Trinajstić information content (AvgIpc) is 3.52. The summed E-state index contributed by atoms with van der Waals surface area (Å²) in [5.74, 6) is 0.122. The zero-order chi connectivity index (χ0) is 26.3. The van der Waals surface area contributed by atoms with Gasteiger partial charge in [0.25, 0.3) is 0 Å². The molecule has 37 heavy (non-hydrogen) atoms. The second-order valence-corrected chi connectivity index (χ2v) is 9.46. The Hall–Kier alpha value is -3.77. The van der Waals surface area contributed by atoms with Crippen molar-refractivity contribution in [2.75, 3.05) is 0 Å². The Bertz CT molecular complexity index is 1310. The number of hydrogen-bond acceptors (Lipinski definition) is 8. The van der Waals surface area contributed by atoms with Gasteiger partial charge in [0.2, 0.25) is 0 Å². The molecule has 0 unspecified atom stereocenters. The second-order valence-electron chi connectivity index (χ2n) is 9.46. The summed E-state index contributed by atoms with van der Waals surface area (Å²) in [7, 11) is 1.63. The zero-order valence-corrected chi connectivity index (χ0v) is 20.1. The van der Waals surface area contributed by atoms with Crippen LogP contribution in [-0.2, 0) is 24.6 Å². The van der Waals surface area contributed by atoms with Crippen LogP contribution in [0.25, 0.3) is 11.4 Å². The Morgan fingerprint density at radius 3 is 2.73 bits per heavy atom. The maximum atomic E-state index is 12.9. The molecule has 2 saturated carbocycles. The molecule has 2 fully saturated rings. The van der Waals surface area contributed by atoms with Crippen LogP contribution < -0.4 is 9.47 Å². The Kier molecular flexibility index (Phi) is 6.46. The predicted octanol–water partition coefficient (Wildman–Crippen LogP) is 3.84. The van der Waals surface area contributed by atoms with E-state index in [1.807, 2.05) is 0 Å². The minimum absolute atomic E-state index is 0.0589. The summed E-state index contributed by atoms with van der Waals surface area (Å²) in [6.45, 7) is 1.63. The summed E-state index contributed by atoms with van der Waals surface area (Å²) < 4.78 is 51.8. The molecule has 2 aliphatic carbocycles. The largest absolute Gasteiger partial charge is 0.489 e. The van der Waals surface area contributed by atoms with Crippen molar-refractivity contribution in [1.29, 1.82) is 0 Å². The van der Waals surface area contributed by atoms with Gasteiger partial charge in [0.15, 0.2) is 5.69 Å². The summed E-state index contributed by atoms with van der Waals surface area (Å²) >= 11 is 0. The fourth-order valence-corrected chi connectivity index (χ4v) is 5.36. The van der Waals surface area contributed by atoms with E-state index in [0.29, 0.717) is 40.9 Å². The molecule has 3 heterocycles. The Balaban J connectivity index is 1.28. The lowest BCUT2D eigenvalue weighted by Gasteiger charge is -2.18. The summed E-state index contributed by atoms with van der Waals surface area (Å²) in [6, 6.07) is 3.87. The topological polar surface area (TPSA) is 125 Å². The standard InChI is InChI=1S/C24H25F3N6O4/c1-12-19(37-14-9-13-3-4-15(22(34)35)16(13)10-14)6-5-17(29-12)21-18(33(2)32-31-21)11-36-23-28-8-7-20(30-23)24(25,26)27/h5-8,13-16H,3-4,9-11H2,1-2H3,(H,34,35)/t13-,14-,15-,16+/m0/s1. The van der Waals surface area contributed by atoms with E-state index in [-0.39, 0.29) is 24.5 Å². The van der Waals surface area contributed by atoms with Gasteiger partial charge in [-0.05, 0) is 62.6 Å². The highest BCUT2D eigenvalue weighted by Crippen LogP contribution is 2.48. The normalized spacial score (nSPS) is 23.2. The van der Waals surface area contributed by atoms with E-state index in [4.69, 9.17) is 9.47 Å². The van der Waals surface area contributed by atoms with Crippen LogP contribution in [-0.4, -0.2) is 47.1 Å². The van der Waals surface area contributed by atoms with Crippen molar-refractivity contribution < 1.29 is 32.5 Å². The summed E-state index contributed by atoms with van der Waals surface area (Å²) in [4.78, 5) is 23.3. The predicted molar refractivity (Wildman–Crippen MR) is 121 cm³/mol. The third-order valence-electron chi connectivity index (χ3n) is 7.17. The maximum Gasteiger partial charge on any atom is 0.433 e. The van der Waals surface area contributed by atoms with Crippen LogP contribution in [0, 0.1) is 24.7 Å². The number of alkyl halides is 3. The van der Waals surface area contributed by atoms with Crippen molar-refractivity contribution in [3.05, 3.63) is 41.5 Å². The van der Waals surface area contributed by atoms with Gasteiger partial charge < -0.3 is 14.6 Å². The van der Waals surface area contributed by atoms with Gasteiger partial charge in [0, 0.05) is 13.2 Å². The first kappa shape index (κ1) is 24.9. The lowest BCUT2D eigenvalue weighted by Crippen LogP contribution is -2.21. The molecule has 3 aromatic rings. The number of aryl methyl sites for hydroxylation is 2. The molecular weight excluding hydrogens is 493 g/mol. The Labute approximate surface area is 209 Å². The summed E-state index contributed by atoms with van der Waals surface area (Å²) in [5, 5.41) is 17.6. The highest BCUT2D eigenvalue weighted by molar-refractivity contribution is 5.71. The van der Waals surface area contributed by atoms with Gasteiger partial charge in [0.05, 0.1) is 23.4 Å². The van der Waals surface area contributed by atoms with Crippen molar-refractivity contribution in [3.8, 4) is 23.1 Å². The number of carboxylic acid groups (broad SMARTS) is 1. The summed E-state index contributed by atoms with van der Waals surface area (Å²) in [5.41, 5.74) is 0.908. The van der Waals surface area contributed by atoms with Crippen LogP contribution in [0.15, 0.2) is 24.4 Å².